The van der Waals surface area contributed by atoms with Crippen molar-refractivity contribution in [1.29, 1.82) is 0 Å². The molecule has 8 heteroatoms. The summed E-state index contributed by atoms with van der Waals surface area (Å²) in [6.45, 7) is 5.23. The molecule has 3 rings (SSSR count). The Balaban J connectivity index is 1.74. The summed E-state index contributed by atoms with van der Waals surface area (Å²) in [4.78, 5) is 18.3. The van der Waals surface area contributed by atoms with Crippen molar-refractivity contribution >= 4 is 52.3 Å². The van der Waals surface area contributed by atoms with E-state index in [2.05, 4.69) is 29.2 Å². The van der Waals surface area contributed by atoms with Crippen LogP contribution in [-0.4, -0.2) is 55.5 Å². The van der Waals surface area contributed by atoms with Crippen LogP contribution in [0.2, 0.25) is 20.1 Å². The zero-order valence-electron chi connectivity index (χ0n) is 19.3. The largest absolute Gasteiger partial charge is 0.351 e. The minimum Gasteiger partial charge on any atom is -0.351 e. The standard InChI is InChI=1S/C25H31Cl4N3O/c1-25(18-5-7-21(27)23(29)15-18,10-13-32-11-8-19(9-12-32)31(2)3)24(33)30-16-17-4-6-20(26)22(28)14-17/h4-7,14-15,19H,8-13,16H2,1-3H3,(H,30,33). The van der Waals surface area contributed by atoms with Crippen molar-refractivity contribution in [3.05, 3.63) is 67.6 Å². The van der Waals surface area contributed by atoms with E-state index < -0.39 is 5.41 Å². The lowest BCUT2D eigenvalue weighted by Crippen LogP contribution is -2.46. The molecule has 0 radical (unpaired) electrons. The van der Waals surface area contributed by atoms with Crippen LogP contribution >= 0.6 is 46.4 Å². The van der Waals surface area contributed by atoms with Gasteiger partial charge in [0, 0.05) is 12.6 Å². The van der Waals surface area contributed by atoms with E-state index in [0.29, 0.717) is 39.1 Å². The molecule has 1 amide bonds. The molecule has 1 atom stereocenters. The van der Waals surface area contributed by atoms with Crippen LogP contribution in [0.5, 0.6) is 0 Å². The fourth-order valence-corrected chi connectivity index (χ4v) is 4.92. The number of nitrogens with one attached hydrogen (secondary N) is 1. The summed E-state index contributed by atoms with van der Waals surface area (Å²) in [7, 11) is 4.28. The van der Waals surface area contributed by atoms with Gasteiger partial charge in [0.15, 0.2) is 0 Å². The van der Waals surface area contributed by atoms with Gasteiger partial charge in [-0.3, -0.25) is 4.79 Å². The van der Waals surface area contributed by atoms with Crippen LogP contribution in [-0.2, 0) is 16.8 Å². The number of carbonyl (C=O) groups excluding carboxylic acids is 1. The van der Waals surface area contributed by atoms with Crippen molar-refractivity contribution < 1.29 is 4.79 Å². The first-order valence-electron chi connectivity index (χ1n) is 11.2. The fourth-order valence-electron chi connectivity index (χ4n) is 4.30. The number of rotatable bonds is 8. The average molecular weight is 531 g/mol. The summed E-state index contributed by atoms with van der Waals surface area (Å²) in [6, 6.07) is 11.5. The van der Waals surface area contributed by atoms with E-state index in [0.717, 1.165) is 43.6 Å². The second-order valence-electron chi connectivity index (χ2n) is 9.18. The van der Waals surface area contributed by atoms with Crippen LogP contribution in [0.3, 0.4) is 0 Å². The second kappa shape index (κ2) is 11.6. The van der Waals surface area contributed by atoms with Gasteiger partial charge < -0.3 is 15.1 Å². The van der Waals surface area contributed by atoms with E-state index in [1.54, 1.807) is 24.3 Å². The molecular formula is C25H31Cl4N3O. The van der Waals surface area contributed by atoms with Gasteiger partial charge in [0.2, 0.25) is 5.91 Å². The Morgan fingerprint density at radius 3 is 2.18 bits per heavy atom. The molecule has 1 aliphatic rings. The van der Waals surface area contributed by atoms with Gasteiger partial charge in [-0.05, 0) is 95.3 Å². The highest BCUT2D eigenvalue weighted by atomic mass is 35.5. The molecule has 2 aromatic carbocycles. The SMILES string of the molecule is CN(C)C1CCN(CCC(C)(C(=O)NCc2ccc(Cl)c(Cl)c2)c2ccc(Cl)c(Cl)c2)CC1. The lowest BCUT2D eigenvalue weighted by atomic mass is 9.78. The maximum absolute atomic E-state index is 13.5. The zero-order chi connectivity index (χ0) is 24.2. The van der Waals surface area contributed by atoms with Crippen molar-refractivity contribution in [1.82, 2.24) is 15.1 Å². The highest BCUT2D eigenvalue weighted by Crippen LogP contribution is 2.34. The predicted octanol–water partition coefficient (Wildman–Crippen LogP) is 6.29. The summed E-state index contributed by atoms with van der Waals surface area (Å²) in [6.07, 6.45) is 2.95. The maximum Gasteiger partial charge on any atom is 0.230 e. The molecule has 1 unspecified atom stereocenters. The molecule has 1 aliphatic heterocycles. The van der Waals surface area contributed by atoms with E-state index in [1.165, 1.54) is 0 Å². The number of carbonyl (C=O) groups is 1. The van der Waals surface area contributed by atoms with Crippen molar-refractivity contribution in [3.63, 3.8) is 0 Å². The molecule has 0 spiro atoms. The average Bonchev–Trinajstić information content (AvgIpc) is 2.80. The zero-order valence-corrected chi connectivity index (χ0v) is 22.3. The third-order valence-corrected chi connectivity index (χ3v) is 8.19. The molecule has 0 saturated carbocycles. The molecule has 33 heavy (non-hydrogen) atoms. The molecule has 1 heterocycles. The van der Waals surface area contributed by atoms with E-state index in [1.807, 2.05) is 19.1 Å². The topological polar surface area (TPSA) is 35.6 Å². The molecule has 1 saturated heterocycles. The second-order valence-corrected chi connectivity index (χ2v) is 10.8. The Bertz CT molecular complexity index is 976. The van der Waals surface area contributed by atoms with Crippen molar-refractivity contribution in [2.45, 2.75) is 44.2 Å². The van der Waals surface area contributed by atoms with Crippen LogP contribution in [0, 0.1) is 0 Å². The third-order valence-electron chi connectivity index (χ3n) is 6.71. The van der Waals surface area contributed by atoms with Crippen molar-refractivity contribution in [2.24, 2.45) is 0 Å². The Kier molecular flexibility index (Phi) is 9.36. The molecule has 0 bridgehead atoms. The summed E-state index contributed by atoms with van der Waals surface area (Å²) in [5.74, 6) is -0.0601. The van der Waals surface area contributed by atoms with E-state index >= 15 is 0 Å². The normalized spacial score (nSPS) is 17.2. The molecule has 0 aromatic heterocycles. The summed E-state index contributed by atoms with van der Waals surface area (Å²) in [5, 5.41) is 4.97. The minimum atomic E-state index is -0.761. The number of nitrogens with zero attached hydrogens (tertiary/aromatic N) is 2. The van der Waals surface area contributed by atoms with Gasteiger partial charge in [-0.25, -0.2) is 0 Å². The molecule has 1 fully saturated rings. The molecule has 2 aromatic rings. The quantitative estimate of drug-likeness (QED) is 0.435. The lowest BCUT2D eigenvalue weighted by molar-refractivity contribution is -0.126. The van der Waals surface area contributed by atoms with Gasteiger partial charge in [0.05, 0.1) is 25.5 Å². The lowest BCUT2D eigenvalue weighted by Gasteiger charge is -2.37. The maximum atomic E-state index is 13.5. The minimum absolute atomic E-state index is 0.0601. The smallest absolute Gasteiger partial charge is 0.230 e. The van der Waals surface area contributed by atoms with Gasteiger partial charge >= 0.3 is 0 Å². The third kappa shape index (κ3) is 6.78. The van der Waals surface area contributed by atoms with Crippen LogP contribution in [0.1, 0.15) is 37.3 Å². The van der Waals surface area contributed by atoms with Crippen LogP contribution in [0.4, 0.5) is 0 Å². The van der Waals surface area contributed by atoms with Crippen LogP contribution < -0.4 is 5.32 Å². The summed E-state index contributed by atoms with van der Waals surface area (Å²) in [5.41, 5.74) is 0.981. The summed E-state index contributed by atoms with van der Waals surface area (Å²) < 4.78 is 0. The van der Waals surface area contributed by atoms with Gasteiger partial charge in [-0.1, -0.05) is 58.5 Å². The molecular weight excluding hydrogens is 500 g/mol. The number of halogens is 4. The fraction of sp³-hybridized carbons (Fsp3) is 0.480. The van der Waals surface area contributed by atoms with Gasteiger partial charge in [-0.15, -0.1) is 0 Å². The molecule has 180 valence electrons. The first kappa shape index (κ1) is 26.6. The predicted molar refractivity (Wildman–Crippen MR) is 140 cm³/mol. The highest BCUT2D eigenvalue weighted by molar-refractivity contribution is 6.42. The van der Waals surface area contributed by atoms with Crippen molar-refractivity contribution in [2.75, 3.05) is 33.7 Å². The number of piperidine rings is 1. The number of likely N-dealkylation sites (tertiary alicyclic amines) is 1. The monoisotopic (exact) mass is 529 g/mol. The Morgan fingerprint density at radius 2 is 1.61 bits per heavy atom. The number of hydrogen-bond acceptors (Lipinski definition) is 3. The first-order chi connectivity index (χ1) is 15.6. The first-order valence-corrected chi connectivity index (χ1v) is 12.7. The highest BCUT2D eigenvalue weighted by Gasteiger charge is 2.36. The van der Waals surface area contributed by atoms with E-state index in [4.69, 9.17) is 46.4 Å². The molecule has 1 N–H and O–H groups in total. The number of amides is 1. The van der Waals surface area contributed by atoms with Crippen LogP contribution in [0.25, 0.3) is 0 Å². The van der Waals surface area contributed by atoms with E-state index in [-0.39, 0.29) is 5.91 Å². The number of benzene rings is 2. The Labute approximate surface area is 217 Å². The summed E-state index contributed by atoms with van der Waals surface area (Å²) >= 11 is 24.6. The van der Waals surface area contributed by atoms with Crippen molar-refractivity contribution in [3.8, 4) is 0 Å². The molecule has 4 nitrogen and oxygen atoms in total. The van der Waals surface area contributed by atoms with Crippen LogP contribution in [0.15, 0.2) is 36.4 Å². The number of hydrogen-bond donors (Lipinski definition) is 1. The van der Waals surface area contributed by atoms with E-state index in [9.17, 15) is 4.79 Å². The Hall–Kier alpha value is -1.01. The Morgan fingerprint density at radius 1 is 1.00 bits per heavy atom. The van der Waals surface area contributed by atoms with Gasteiger partial charge in [0.1, 0.15) is 0 Å². The molecule has 0 aliphatic carbocycles. The van der Waals surface area contributed by atoms with Gasteiger partial charge in [-0.2, -0.15) is 0 Å². The van der Waals surface area contributed by atoms with Gasteiger partial charge in [0.25, 0.3) is 0 Å².